The van der Waals surface area contributed by atoms with Gasteiger partial charge in [-0.15, -0.1) is 0 Å². The average Bonchev–Trinajstić information content (AvgIpc) is 2.73. The van der Waals surface area contributed by atoms with Gasteiger partial charge in [-0.2, -0.15) is 11.8 Å². The molecule has 0 aromatic heterocycles. The Hall–Kier alpha value is -2.42. The summed E-state index contributed by atoms with van der Waals surface area (Å²) < 4.78 is 0. The third-order valence-corrected chi connectivity index (χ3v) is 5.02. The largest absolute Gasteiger partial charge is 0.480 e. The second kappa shape index (κ2) is 16.2. The van der Waals surface area contributed by atoms with E-state index in [1.165, 1.54) is 11.8 Å². The molecule has 184 valence electrons. The van der Waals surface area contributed by atoms with E-state index in [9.17, 15) is 29.1 Å². The minimum atomic E-state index is -1.55. The zero-order valence-electron chi connectivity index (χ0n) is 18.0. The van der Waals surface area contributed by atoms with Crippen molar-refractivity contribution in [2.75, 3.05) is 25.2 Å². The first kappa shape index (κ1) is 29.6. The van der Waals surface area contributed by atoms with Crippen molar-refractivity contribution in [1.29, 1.82) is 0 Å². The zero-order valence-corrected chi connectivity index (χ0v) is 18.9. The highest BCUT2D eigenvalue weighted by Gasteiger charge is 2.30. The number of aliphatic carboxylic acids is 1. The molecule has 4 amide bonds. The minimum Gasteiger partial charge on any atom is -0.480 e. The highest BCUT2D eigenvalue weighted by molar-refractivity contribution is 7.98. The van der Waals surface area contributed by atoms with Crippen LogP contribution in [0.1, 0.15) is 32.1 Å². The van der Waals surface area contributed by atoms with E-state index in [0.717, 1.165) is 0 Å². The monoisotopic (exact) mass is 478 g/mol. The van der Waals surface area contributed by atoms with Gasteiger partial charge in [0.2, 0.25) is 23.6 Å². The van der Waals surface area contributed by atoms with E-state index in [1.54, 1.807) is 0 Å². The molecule has 11 N–H and O–H groups in total. The number of carboxylic acid groups (broad SMARTS) is 1. The highest BCUT2D eigenvalue weighted by Crippen LogP contribution is 2.06. The van der Waals surface area contributed by atoms with Crippen molar-refractivity contribution in [2.24, 2.45) is 17.2 Å². The maximum Gasteiger partial charge on any atom is 0.326 e. The third-order valence-electron chi connectivity index (χ3n) is 4.38. The number of thioether (sulfide) groups is 1. The Morgan fingerprint density at radius 1 is 0.906 bits per heavy atom. The van der Waals surface area contributed by atoms with Gasteiger partial charge in [-0.05, 0) is 44.2 Å². The first-order valence-corrected chi connectivity index (χ1v) is 11.4. The number of primary amides is 1. The average molecular weight is 479 g/mol. The van der Waals surface area contributed by atoms with Crippen molar-refractivity contribution in [3.05, 3.63) is 0 Å². The molecule has 14 heteroatoms. The predicted molar refractivity (Wildman–Crippen MR) is 118 cm³/mol. The van der Waals surface area contributed by atoms with Crippen LogP contribution in [0.15, 0.2) is 0 Å². The fourth-order valence-corrected chi connectivity index (χ4v) is 3.05. The molecule has 13 nitrogen and oxygen atoms in total. The second-order valence-corrected chi connectivity index (χ2v) is 8.03. The SMILES string of the molecule is CSCCC(NC(=O)C(N)CO)C(=O)NC(CCCCN)C(=O)NC(CC(N)=O)C(=O)O. The number of hydrogen-bond acceptors (Lipinski definition) is 9. The Bertz CT molecular complexity index is 651. The maximum atomic E-state index is 12.8. The van der Waals surface area contributed by atoms with Gasteiger partial charge in [0.1, 0.15) is 24.2 Å². The minimum absolute atomic E-state index is 0.150. The third kappa shape index (κ3) is 11.8. The fourth-order valence-electron chi connectivity index (χ4n) is 2.57. The maximum absolute atomic E-state index is 12.8. The van der Waals surface area contributed by atoms with E-state index < -0.39 is 66.8 Å². The zero-order chi connectivity index (χ0) is 24.7. The number of unbranched alkanes of at least 4 members (excludes halogenated alkanes) is 1. The van der Waals surface area contributed by atoms with E-state index in [-0.39, 0.29) is 12.8 Å². The molecule has 0 aromatic carbocycles. The van der Waals surface area contributed by atoms with Gasteiger partial charge in [0, 0.05) is 0 Å². The number of rotatable bonds is 17. The van der Waals surface area contributed by atoms with E-state index in [1.807, 2.05) is 6.26 Å². The van der Waals surface area contributed by atoms with Crippen molar-refractivity contribution in [2.45, 2.75) is 56.3 Å². The van der Waals surface area contributed by atoms with Crippen molar-refractivity contribution < 1.29 is 34.2 Å². The van der Waals surface area contributed by atoms with E-state index in [2.05, 4.69) is 16.0 Å². The van der Waals surface area contributed by atoms with Crippen LogP contribution in [0.5, 0.6) is 0 Å². The van der Waals surface area contributed by atoms with Gasteiger partial charge < -0.3 is 43.4 Å². The van der Waals surface area contributed by atoms with Crippen molar-refractivity contribution >= 4 is 41.4 Å². The molecule has 0 aromatic rings. The molecule has 0 rings (SSSR count). The summed E-state index contributed by atoms with van der Waals surface area (Å²) in [6.07, 6.45) is 2.59. The summed E-state index contributed by atoms with van der Waals surface area (Å²) in [4.78, 5) is 59.9. The molecule has 0 aliphatic heterocycles. The summed E-state index contributed by atoms with van der Waals surface area (Å²) in [6.45, 7) is -0.254. The number of carbonyl (C=O) groups excluding carboxylic acids is 4. The van der Waals surface area contributed by atoms with Crippen LogP contribution in [0, 0.1) is 0 Å². The fraction of sp³-hybridized carbons (Fsp3) is 0.722. The summed E-state index contributed by atoms with van der Waals surface area (Å²) in [5, 5.41) is 25.4. The van der Waals surface area contributed by atoms with Crippen LogP contribution < -0.4 is 33.2 Å². The van der Waals surface area contributed by atoms with Gasteiger partial charge in [-0.25, -0.2) is 4.79 Å². The number of hydrogen-bond donors (Lipinski definition) is 8. The lowest BCUT2D eigenvalue weighted by molar-refractivity contribution is -0.143. The molecule has 0 saturated heterocycles. The smallest absolute Gasteiger partial charge is 0.326 e. The molecule has 0 saturated carbocycles. The van der Waals surface area contributed by atoms with Gasteiger partial charge >= 0.3 is 5.97 Å². The van der Waals surface area contributed by atoms with Gasteiger partial charge in [0.25, 0.3) is 0 Å². The molecule has 0 aliphatic carbocycles. The number of carboxylic acids is 1. The summed E-state index contributed by atoms with van der Waals surface area (Å²) >= 11 is 1.43. The van der Waals surface area contributed by atoms with Crippen LogP contribution in [0.25, 0.3) is 0 Å². The molecule has 0 bridgehead atoms. The lowest BCUT2D eigenvalue weighted by Gasteiger charge is -2.25. The Morgan fingerprint density at radius 2 is 1.44 bits per heavy atom. The summed E-state index contributed by atoms with van der Waals surface area (Å²) in [7, 11) is 0. The molecule has 0 spiro atoms. The van der Waals surface area contributed by atoms with E-state index >= 15 is 0 Å². The molecule has 32 heavy (non-hydrogen) atoms. The van der Waals surface area contributed by atoms with Crippen LogP contribution in [-0.4, -0.2) is 89.1 Å². The standard InChI is InChI=1S/C18H34N6O7S/c1-32-7-5-12(22-15(27)10(20)9-25)17(29)23-11(4-2-3-6-19)16(28)24-13(18(30)31)8-14(21)26/h10-13,25H,2-9,19-20H2,1H3,(H2,21,26)(H,22,27)(H,23,29)(H,24,28)(H,30,31). The highest BCUT2D eigenvalue weighted by atomic mass is 32.2. The number of amides is 4. The Labute approximate surface area is 190 Å². The molecule has 4 unspecified atom stereocenters. The molecular weight excluding hydrogens is 444 g/mol. The second-order valence-electron chi connectivity index (χ2n) is 7.05. The lowest BCUT2D eigenvalue weighted by atomic mass is 10.1. The number of nitrogens with two attached hydrogens (primary N) is 3. The predicted octanol–water partition coefficient (Wildman–Crippen LogP) is -3.40. The lowest BCUT2D eigenvalue weighted by Crippen LogP contribution is -2.57. The van der Waals surface area contributed by atoms with Crippen molar-refractivity contribution in [1.82, 2.24) is 16.0 Å². The topological polar surface area (TPSA) is 240 Å². The van der Waals surface area contributed by atoms with Gasteiger partial charge in [0.05, 0.1) is 13.0 Å². The van der Waals surface area contributed by atoms with E-state index in [4.69, 9.17) is 22.3 Å². The normalized spacial score (nSPS) is 14.5. The summed E-state index contributed by atoms with van der Waals surface area (Å²) in [5.41, 5.74) is 16.0. The number of aliphatic hydroxyl groups excluding tert-OH is 1. The molecule has 0 aliphatic rings. The first-order chi connectivity index (χ1) is 15.1. The number of nitrogens with one attached hydrogen (secondary N) is 3. The summed E-state index contributed by atoms with van der Waals surface area (Å²) in [5.74, 6) is -4.08. The van der Waals surface area contributed by atoms with Gasteiger partial charge in [-0.3, -0.25) is 19.2 Å². The Kier molecular flexibility index (Phi) is 15.0. The van der Waals surface area contributed by atoms with Crippen molar-refractivity contribution in [3.63, 3.8) is 0 Å². The van der Waals surface area contributed by atoms with Crippen LogP contribution >= 0.6 is 11.8 Å². The molecule has 4 atom stereocenters. The van der Waals surface area contributed by atoms with Crippen molar-refractivity contribution in [3.8, 4) is 0 Å². The van der Waals surface area contributed by atoms with Gasteiger partial charge in [-0.1, -0.05) is 0 Å². The summed E-state index contributed by atoms with van der Waals surface area (Å²) in [6, 6.07) is -4.93. The van der Waals surface area contributed by atoms with E-state index in [0.29, 0.717) is 25.1 Å². The Balaban J connectivity index is 5.43. The van der Waals surface area contributed by atoms with Crippen LogP contribution in [0.2, 0.25) is 0 Å². The van der Waals surface area contributed by atoms with Crippen LogP contribution in [0.4, 0.5) is 0 Å². The first-order valence-electron chi connectivity index (χ1n) is 10.0. The number of aliphatic hydroxyl groups is 1. The molecule has 0 heterocycles. The quantitative estimate of drug-likeness (QED) is 0.0963. The molecule has 0 radical (unpaired) electrons. The molecule has 0 fully saturated rings. The Morgan fingerprint density at radius 3 is 1.91 bits per heavy atom. The number of carbonyl (C=O) groups is 5. The van der Waals surface area contributed by atoms with Gasteiger partial charge in [0.15, 0.2) is 0 Å². The van der Waals surface area contributed by atoms with Crippen LogP contribution in [-0.2, 0) is 24.0 Å². The van der Waals surface area contributed by atoms with Crippen LogP contribution in [0.3, 0.4) is 0 Å². The molecular formula is C18H34N6O7S.